The average Bonchev–Trinajstić information content (AvgIpc) is 2.48. The first-order chi connectivity index (χ1) is 10.1. The Labute approximate surface area is 124 Å². The third kappa shape index (κ3) is 4.19. The van der Waals surface area contributed by atoms with E-state index in [2.05, 4.69) is 5.32 Å². The Balaban J connectivity index is 1.92. The van der Waals surface area contributed by atoms with Crippen molar-refractivity contribution in [1.29, 1.82) is 0 Å². The van der Waals surface area contributed by atoms with E-state index in [1.165, 1.54) is 0 Å². The highest BCUT2D eigenvalue weighted by atomic mass is 16.5. The number of nitrogens with one attached hydrogen (secondary N) is 1. The molecule has 0 unspecified atom stereocenters. The van der Waals surface area contributed by atoms with Gasteiger partial charge in [-0.25, -0.2) is 0 Å². The smallest absolute Gasteiger partial charge is 0.238 e. The van der Waals surface area contributed by atoms with Gasteiger partial charge >= 0.3 is 0 Å². The summed E-state index contributed by atoms with van der Waals surface area (Å²) in [5.41, 5.74) is 6.09. The van der Waals surface area contributed by atoms with Gasteiger partial charge in [0.25, 0.3) is 0 Å². The number of rotatable bonds is 5. The number of benzene rings is 1. The van der Waals surface area contributed by atoms with E-state index in [9.17, 15) is 9.59 Å². The summed E-state index contributed by atoms with van der Waals surface area (Å²) in [5, 5.41) is 2.81. The zero-order valence-electron chi connectivity index (χ0n) is 12.2. The highest BCUT2D eigenvalue weighted by molar-refractivity contribution is 5.92. The highest BCUT2D eigenvalue weighted by Crippen LogP contribution is 2.18. The molecule has 3 N–H and O–H groups in total. The molecule has 1 atom stereocenters. The fourth-order valence-electron chi connectivity index (χ4n) is 2.56. The van der Waals surface area contributed by atoms with E-state index in [1.54, 1.807) is 31.4 Å². The number of carbonyl (C=O) groups is 2. The van der Waals surface area contributed by atoms with Crippen LogP contribution >= 0.6 is 0 Å². The quantitative estimate of drug-likeness (QED) is 0.846. The third-order valence-electron chi connectivity index (χ3n) is 3.66. The normalized spacial score (nSPS) is 19.0. The maximum atomic E-state index is 12.1. The molecule has 0 aromatic heterocycles. The largest absolute Gasteiger partial charge is 0.497 e. The fraction of sp³-hybridized carbons (Fsp3) is 0.467. The molecule has 2 rings (SSSR count). The van der Waals surface area contributed by atoms with Gasteiger partial charge in [-0.1, -0.05) is 6.42 Å². The first kappa shape index (κ1) is 15.3. The number of primary amides is 1. The van der Waals surface area contributed by atoms with E-state index in [0.717, 1.165) is 31.6 Å². The van der Waals surface area contributed by atoms with E-state index in [1.807, 2.05) is 4.90 Å². The molecule has 2 amide bonds. The number of hydrogen-bond donors (Lipinski definition) is 2. The molecule has 0 aliphatic carbocycles. The molecule has 0 bridgehead atoms. The van der Waals surface area contributed by atoms with Crippen LogP contribution in [0, 0.1) is 0 Å². The SMILES string of the molecule is COc1ccc(NC(=O)CN2CCCC[C@H]2C(N)=O)cc1. The van der Waals surface area contributed by atoms with Crippen molar-refractivity contribution in [2.45, 2.75) is 25.3 Å². The lowest BCUT2D eigenvalue weighted by molar-refractivity contribution is -0.126. The van der Waals surface area contributed by atoms with Gasteiger partial charge in [0.2, 0.25) is 11.8 Å². The second-order valence-corrected chi connectivity index (χ2v) is 5.16. The molecule has 1 fully saturated rings. The predicted molar refractivity (Wildman–Crippen MR) is 80.0 cm³/mol. The van der Waals surface area contributed by atoms with Gasteiger partial charge in [0.15, 0.2) is 0 Å². The Kier molecular flexibility index (Phi) is 5.16. The highest BCUT2D eigenvalue weighted by Gasteiger charge is 2.28. The van der Waals surface area contributed by atoms with E-state index < -0.39 is 0 Å². The molecule has 6 nitrogen and oxygen atoms in total. The van der Waals surface area contributed by atoms with Crippen molar-refractivity contribution >= 4 is 17.5 Å². The summed E-state index contributed by atoms with van der Waals surface area (Å²) in [6, 6.07) is 6.78. The molecule has 0 saturated carbocycles. The summed E-state index contributed by atoms with van der Waals surface area (Å²) in [4.78, 5) is 25.3. The van der Waals surface area contributed by atoms with Crippen LogP contribution < -0.4 is 15.8 Å². The minimum atomic E-state index is -0.355. The molecule has 1 aromatic carbocycles. The summed E-state index contributed by atoms with van der Waals surface area (Å²) in [5.74, 6) is 0.234. The average molecular weight is 291 g/mol. The lowest BCUT2D eigenvalue weighted by Crippen LogP contribution is -2.50. The van der Waals surface area contributed by atoms with Crippen LogP contribution in [-0.2, 0) is 9.59 Å². The molecule has 114 valence electrons. The minimum absolute atomic E-state index is 0.145. The summed E-state index contributed by atoms with van der Waals surface area (Å²) >= 11 is 0. The fourth-order valence-corrected chi connectivity index (χ4v) is 2.56. The Bertz CT molecular complexity index is 501. The number of nitrogens with zero attached hydrogens (tertiary/aromatic N) is 1. The second kappa shape index (κ2) is 7.08. The van der Waals surface area contributed by atoms with Crippen molar-refractivity contribution in [3.05, 3.63) is 24.3 Å². The van der Waals surface area contributed by atoms with Gasteiger partial charge in [-0.05, 0) is 43.7 Å². The number of methoxy groups -OCH3 is 1. The van der Waals surface area contributed by atoms with Crippen LogP contribution in [-0.4, -0.2) is 43.0 Å². The van der Waals surface area contributed by atoms with Crippen LogP contribution in [0.2, 0.25) is 0 Å². The van der Waals surface area contributed by atoms with Gasteiger partial charge in [-0.15, -0.1) is 0 Å². The van der Waals surface area contributed by atoms with Crippen molar-refractivity contribution in [3.63, 3.8) is 0 Å². The Morgan fingerprint density at radius 1 is 1.33 bits per heavy atom. The summed E-state index contributed by atoms with van der Waals surface area (Å²) in [6.07, 6.45) is 2.69. The molecular weight excluding hydrogens is 270 g/mol. The van der Waals surface area contributed by atoms with Crippen LogP contribution in [0.15, 0.2) is 24.3 Å². The monoisotopic (exact) mass is 291 g/mol. The number of anilines is 1. The summed E-state index contributed by atoms with van der Waals surface area (Å²) in [6.45, 7) is 0.906. The lowest BCUT2D eigenvalue weighted by Gasteiger charge is -2.32. The van der Waals surface area contributed by atoms with Crippen LogP contribution in [0.1, 0.15) is 19.3 Å². The number of nitrogens with two attached hydrogens (primary N) is 1. The Morgan fingerprint density at radius 3 is 2.67 bits per heavy atom. The molecule has 1 aliphatic heterocycles. The van der Waals surface area contributed by atoms with Crippen LogP contribution in [0.3, 0.4) is 0 Å². The summed E-state index contributed by atoms with van der Waals surface area (Å²) in [7, 11) is 1.59. The van der Waals surface area contributed by atoms with Gasteiger partial charge in [0.1, 0.15) is 5.75 Å². The maximum absolute atomic E-state index is 12.1. The van der Waals surface area contributed by atoms with Crippen molar-refractivity contribution in [2.24, 2.45) is 5.73 Å². The molecular formula is C15H21N3O3. The zero-order chi connectivity index (χ0) is 15.2. The van der Waals surface area contributed by atoms with Gasteiger partial charge in [0.05, 0.1) is 19.7 Å². The van der Waals surface area contributed by atoms with Crippen LogP contribution in [0.5, 0.6) is 5.75 Å². The standard InChI is InChI=1S/C15H21N3O3/c1-21-12-7-5-11(6-8-12)17-14(19)10-18-9-3-2-4-13(18)15(16)20/h5-8,13H,2-4,9-10H2,1H3,(H2,16,20)(H,17,19)/t13-/m0/s1. The number of piperidine rings is 1. The van der Waals surface area contributed by atoms with Crippen molar-refractivity contribution in [2.75, 3.05) is 25.5 Å². The van der Waals surface area contributed by atoms with Gasteiger partial charge in [-0.2, -0.15) is 0 Å². The van der Waals surface area contributed by atoms with Gasteiger partial charge in [0, 0.05) is 5.69 Å². The van der Waals surface area contributed by atoms with E-state index in [0.29, 0.717) is 5.69 Å². The lowest BCUT2D eigenvalue weighted by atomic mass is 10.0. The Morgan fingerprint density at radius 2 is 2.05 bits per heavy atom. The van der Waals surface area contributed by atoms with Gasteiger partial charge < -0.3 is 15.8 Å². The molecule has 1 aromatic rings. The molecule has 1 saturated heterocycles. The topological polar surface area (TPSA) is 84.7 Å². The Hall–Kier alpha value is -2.08. The third-order valence-corrected chi connectivity index (χ3v) is 3.66. The van der Waals surface area contributed by atoms with Crippen molar-refractivity contribution in [3.8, 4) is 5.75 Å². The molecule has 1 aliphatic rings. The van der Waals surface area contributed by atoms with Crippen LogP contribution in [0.4, 0.5) is 5.69 Å². The molecule has 1 heterocycles. The van der Waals surface area contributed by atoms with Crippen LogP contribution in [0.25, 0.3) is 0 Å². The zero-order valence-corrected chi connectivity index (χ0v) is 12.2. The van der Waals surface area contributed by atoms with Crippen molar-refractivity contribution in [1.82, 2.24) is 4.90 Å². The number of carbonyl (C=O) groups excluding carboxylic acids is 2. The first-order valence-electron chi connectivity index (χ1n) is 7.07. The number of likely N-dealkylation sites (tertiary alicyclic amines) is 1. The molecule has 0 radical (unpaired) electrons. The molecule has 21 heavy (non-hydrogen) atoms. The molecule has 0 spiro atoms. The minimum Gasteiger partial charge on any atom is -0.497 e. The molecule has 6 heteroatoms. The first-order valence-corrected chi connectivity index (χ1v) is 7.07. The van der Waals surface area contributed by atoms with E-state index >= 15 is 0 Å². The summed E-state index contributed by atoms with van der Waals surface area (Å²) < 4.78 is 5.06. The number of amides is 2. The maximum Gasteiger partial charge on any atom is 0.238 e. The van der Waals surface area contributed by atoms with Crippen molar-refractivity contribution < 1.29 is 14.3 Å². The van der Waals surface area contributed by atoms with E-state index in [4.69, 9.17) is 10.5 Å². The van der Waals surface area contributed by atoms with Gasteiger partial charge in [-0.3, -0.25) is 14.5 Å². The van der Waals surface area contributed by atoms with E-state index in [-0.39, 0.29) is 24.4 Å². The number of ether oxygens (including phenoxy) is 1. The second-order valence-electron chi connectivity index (χ2n) is 5.16. The predicted octanol–water partition coefficient (Wildman–Crippen LogP) is 0.973. The number of hydrogen-bond acceptors (Lipinski definition) is 4.